The van der Waals surface area contributed by atoms with E-state index >= 15 is 0 Å². The van der Waals surface area contributed by atoms with E-state index in [1.54, 1.807) is 0 Å². The third-order valence-corrected chi connectivity index (χ3v) is 6.85. The number of ketones is 1. The maximum absolute atomic E-state index is 13.1. The number of alkyl halides is 3. The molecule has 0 saturated heterocycles. The van der Waals surface area contributed by atoms with E-state index in [1.165, 1.54) is 26.1 Å². The summed E-state index contributed by atoms with van der Waals surface area (Å²) >= 11 is 0. The van der Waals surface area contributed by atoms with Gasteiger partial charge in [-0.2, -0.15) is 18.2 Å². The summed E-state index contributed by atoms with van der Waals surface area (Å²) < 4.78 is 73.5. The van der Waals surface area contributed by atoms with Crippen molar-refractivity contribution in [2.45, 2.75) is 70.1 Å². The number of halogens is 3. The van der Waals surface area contributed by atoms with Gasteiger partial charge in [-0.3, -0.25) is 9.78 Å². The Morgan fingerprint density at radius 3 is 2.48 bits per heavy atom. The van der Waals surface area contributed by atoms with Gasteiger partial charge in [-0.25, -0.2) is 8.42 Å². The summed E-state index contributed by atoms with van der Waals surface area (Å²) in [5.41, 5.74) is -0.916. The predicted molar refractivity (Wildman–Crippen MR) is 112 cm³/mol. The Morgan fingerprint density at radius 1 is 1.33 bits per heavy atom. The van der Waals surface area contributed by atoms with Crippen molar-refractivity contribution >= 4 is 15.6 Å². The largest absolute Gasteiger partial charge is 0.481 e. The summed E-state index contributed by atoms with van der Waals surface area (Å²) in [7, 11) is -3.55. The van der Waals surface area contributed by atoms with E-state index in [0.29, 0.717) is 5.56 Å². The van der Waals surface area contributed by atoms with Gasteiger partial charge in [-0.1, -0.05) is 18.5 Å². The fourth-order valence-corrected chi connectivity index (χ4v) is 5.14. The van der Waals surface area contributed by atoms with E-state index in [-0.39, 0.29) is 35.5 Å². The highest BCUT2D eigenvalue weighted by atomic mass is 32.2. The van der Waals surface area contributed by atoms with Gasteiger partial charge in [0.15, 0.2) is 17.7 Å². The van der Waals surface area contributed by atoms with E-state index in [4.69, 9.17) is 9.26 Å². The first-order valence-electron chi connectivity index (χ1n) is 10.4. The molecule has 2 aromatic heterocycles. The molecule has 3 rings (SSSR count). The Kier molecular flexibility index (Phi) is 6.88. The van der Waals surface area contributed by atoms with Crippen molar-refractivity contribution in [2.75, 3.05) is 12.0 Å². The number of hydrogen-bond donors (Lipinski definition) is 0. The van der Waals surface area contributed by atoms with Crippen molar-refractivity contribution in [1.29, 1.82) is 0 Å². The fourth-order valence-electron chi connectivity index (χ4n) is 3.75. The minimum absolute atomic E-state index is 0.0230. The third kappa shape index (κ3) is 6.10. The summed E-state index contributed by atoms with van der Waals surface area (Å²) in [6.07, 6.45) is -2.03. The van der Waals surface area contributed by atoms with Gasteiger partial charge in [-0.05, 0) is 25.7 Å². The number of carbonyl (C=O) groups is 1. The molecule has 2 heterocycles. The lowest BCUT2D eigenvalue weighted by atomic mass is 9.80. The van der Waals surface area contributed by atoms with Crippen LogP contribution in [-0.2, 0) is 15.3 Å². The molecule has 8 nitrogen and oxygen atoms in total. The van der Waals surface area contributed by atoms with Gasteiger partial charge >= 0.3 is 6.18 Å². The monoisotopic (exact) mass is 489 g/mol. The van der Waals surface area contributed by atoms with Crippen molar-refractivity contribution in [3.05, 3.63) is 35.2 Å². The van der Waals surface area contributed by atoms with Crippen molar-refractivity contribution in [3.63, 3.8) is 0 Å². The number of rotatable bonds is 9. The fraction of sp³-hybridized carbons (Fsp3) is 0.619. The maximum atomic E-state index is 13.1. The van der Waals surface area contributed by atoms with Crippen LogP contribution in [0.4, 0.5) is 13.2 Å². The lowest BCUT2D eigenvalue weighted by Gasteiger charge is -2.29. The summed E-state index contributed by atoms with van der Waals surface area (Å²) in [5.74, 6) is -0.769. The number of aryl methyl sites for hydroxylation is 1. The first kappa shape index (κ1) is 25.1. The molecular weight excluding hydrogens is 463 g/mol. The number of pyridine rings is 1. The molecule has 0 bridgehead atoms. The lowest BCUT2D eigenvalue weighted by Crippen LogP contribution is -2.35. The molecule has 0 aromatic carbocycles. The van der Waals surface area contributed by atoms with Crippen LogP contribution in [0.2, 0.25) is 0 Å². The van der Waals surface area contributed by atoms with Crippen LogP contribution in [0.1, 0.15) is 73.2 Å². The molecule has 1 unspecified atom stereocenters. The summed E-state index contributed by atoms with van der Waals surface area (Å²) in [4.78, 5) is 21.4. The van der Waals surface area contributed by atoms with Crippen molar-refractivity contribution in [1.82, 2.24) is 15.1 Å². The maximum Gasteiger partial charge on any atom is 0.425 e. The van der Waals surface area contributed by atoms with Crippen LogP contribution in [0.25, 0.3) is 0 Å². The summed E-state index contributed by atoms with van der Waals surface area (Å²) in [6.45, 7) is 3.95. The molecule has 0 N–H and O–H groups in total. The minimum atomic E-state index is -4.57. The molecule has 0 spiro atoms. The van der Waals surface area contributed by atoms with E-state index in [0.717, 1.165) is 32.4 Å². The Bertz CT molecular complexity index is 1130. The number of nitrogens with zero attached hydrogens (tertiary/aromatic N) is 3. The van der Waals surface area contributed by atoms with Crippen LogP contribution in [0, 0.1) is 6.92 Å². The lowest BCUT2D eigenvalue weighted by molar-refractivity contribution is -0.189. The van der Waals surface area contributed by atoms with Crippen LogP contribution in [-0.4, -0.2) is 53.6 Å². The SMILES string of the molecule is Cc1nc(C(C)(CC(=O)c2cc(O[C@@H](C)C(F)(F)F)c(C3CCC3)cn2)CS(C)(=O)=O)no1. The zero-order valence-electron chi connectivity index (χ0n) is 18.8. The van der Waals surface area contributed by atoms with Crippen molar-refractivity contribution < 1.29 is 35.6 Å². The first-order chi connectivity index (χ1) is 15.2. The minimum Gasteiger partial charge on any atom is -0.481 e. The Hall–Kier alpha value is -2.50. The van der Waals surface area contributed by atoms with Gasteiger partial charge in [0.2, 0.25) is 5.89 Å². The number of aromatic nitrogens is 3. The second kappa shape index (κ2) is 9.03. The molecule has 33 heavy (non-hydrogen) atoms. The molecule has 2 atom stereocenters. The Balaban J connectivity index is 1.93. The first-order valence-corrected chi connectivity index (χ1v) is 12.5. The van der Waals surface area contributed by atoms with Crippen LogP contribution in [0.3, 0.4) is 0 Å². The van der Waals surface area contributed by atoms with E-state index in [9.17, 15) is 26.4 Å². The normalized spacial score (nSPS) is 17.8. The zero-order valence-corrected chi connectivity index (χ0v) is 19.6. The second-order valence-corrected chi connectivity index (χ2v) is 11.0. The van der Waals surface area contributed by atoms with Gasteiger partial charge in [0.25, 0.3) is 0 Å². The smallest absolute Gasteiger partial charge is 0.425 e. The number of sulfone groups is 1. The predicted octanol–water partition coefficient (Wildman–Crippen LogP) is 3.95. The topological polar surface area (TPSA) is 112 Å². The van der Waals surface area contributed by atoms with Gasteiger partial charge < -0.3 is 9.26 Å². The number of hydrogen-bond acceptors (Lipinski definition) is 8. The Labute approximate surface area is 189 Å². The third-order valence-electron chi connectivity index (χ3n) is 5.69. The molecular formula is C21H26F3N3O5S. The number of Topliss-reactive ketones (excluding diaryl/α,β-unsaturated/α-hetero) is 1. The zero-order chi connectivity index (χ0) is 24.6. The molecule has 182 valence electrons. The summed E-state index contributed by atoms with van der Waals surface area (Å²) in [6, 6.07) is 1.21. The Morgan fingerprint density at radius 2 is 2.00 bits per heavy atom. The molecule has 2 aromatic rings. The molecule has 12 heteroatoms. The number of ether oxygens (including phenoxy) is 1. The standard InChI is InChI=1S/C21H26F3N3O5S/c1-12(21(22,23)24)31-18-8-16(25-10-15(18)14-6-5-7-14)17(28)9-20(3,11-33(4,29)30)19-26-13(2)32-27-19/h8,10,12,14H,5-7,9,11H2,1-4H3/t12-,20?/m0/s1. The van der Waals surface area contributed by atoms with Crippen molar-refractivity contribution in [2.24, 2.45) is 0 Å². The van der Waals surface area contributed by atoms with Crippen LogP contribution >= 0.6 is 0 Å². The van der Waals surface area contributed by atoms with Gasteiger partial charge in [0, 0.05) is 37.4 Å². The van der Waals surface area contributed by atoms with Gasteiger partial charge in [0.05, 0.1) is 11.2 Å². The van der Waals surface area contributed by atoms with Crippen LogP contribution in [0.15, 0.2) is 16.8 Å². The van der Waals surface area contributed by atoms with Gasteiger partial charge in [-0.15, -0.1) is 0 Å². The van der Waals surface area contributed by atoms with E-state index in [2.05, 4.69) is 15.1 Å². The molecule has 0 amide bonds. The van der Waals surface area contributed by atoms with E-state index in [1.807, 2.05) is 0 Å². The second-order valence-electron chi connectivity index (χ2n) is 8.90. The highest BCUT2D eigenvalue weighted by Crippen LogP contribution is 2.42. The molecule has 0 aliphatic heterocycles. The quantitative estimate of drug-likeness (QED) is 0.487. The van der Waals surface area contributed by atoms with E-state index < -0.39 is 39.1 Å². The number of carbonyl (C=O) groups excluding carboxylic acids is 1. The molecule has 1 fully saturated rings. The average molecular weight is 490 g/mol. The molecule has 1 aliphatic rings. The van der Waals surface area contributed by atoms with Crippen molar-refractivity contribution in [3.8, 4) is 5.75 Å². The highest BCUT2D eigenvalue weighted by molar-refractivity contribution is 7.90. The summed E-state index contributed by atoms with van der Waals surface area (Å²) in [5, 5.41) is 3.79. The molecule has 1 saturated carbocycles. The molecule has 1 aliphatic carbocycles. The van der Waals surface area contributed by atoms with Crippen LogP contribution < -0.4 is 4.74 Å². The van der Waals surface area contributed by atoms with Crippen LogP contribution in [0.5, 0.6) is 5.75 Å². The highest BCUT2D eigenvalue weighted by Gasteiger charge is 2.40. The average Bonchev–Trinajstić information content (AvgIpc) is 3.06. The van der Waals surface area contributed by atoms with Gasteiger partial charge in [0.1, 0.15) is 21.3 Å². The molecule has 0 radical (unpaired) electrons.